The summed E-state index contributed by atoms with van der Waals surface area (Å²) in [7, 11) is 0. The Hall–Kier alpha value is -0.490. The van der Waals surface area contributed by atoms with Crippen LogP contribution in [0.4, 0.5) is 0 Å². The number of alkyl halides is 1. The first-order valence-electron chi connectivity index (χ1n) is 8.48. The van der Waals surface area contributed by atoms with E-state index in [1.54, 1.807) is 6.08 Å². The van der Waals surface area contributed by atoms with Gasteiger partial charge < -0.3 is 15.2 Å². The molecule has 0 atom stereocenters. The number of aldehydes is 1. The van der Waals surface area contributed by atoms with Crippen molar-refractivity contribution in [2.45, 2.75) is 25.7 Å². The van der Waals surface area contributed by atoms with Gasteiger partial charge in [0, 0.05) is 24.4 Å². The SMILES string of the molecule is C=CCBr.C=CCN1CCC(C=O)CC1.OCC1CCNCC1. The number of nitrogens with one attached hydrogen (secondary N) is 1. The van der Waals surface area contributed by atoms with E-state index in [-0.39, 0.29) is 0 Å². The van der Waals surface area contributed by atoms with Crippen molar-refractivity contribution in [3.05, 3.63) is 25.3 Å². The number of nitrogens with zero attached hydrogens (tertiary/aromatic N) is 1. The van der Waals surface area contributed by atoms with Crippen molar-refractivity contribution in [2.75, 3.05) is 44.7 Å². The molecule has 0 aliphatic carbocycles. The molecule has 0 spiro atoms. The predicted octanol–water partition coefficient (Wildman–Crippen LogP) is 2.63. The number of aliphatic hydroxyl groups excluding tert-OH is 1. The van der Waals surface area contributed by atoms with Crippen LogP contribution < -0.4 is 5.32 Å². The average Bonchev–Trinajstić information content (AvgIpc) is 2.64. The number of rotatable bonds is 5. The highest BCUT2D eigenvalue weighted by Crippen LogP contribution is 2.14. The molecule has 0 aromatic rings. The van der Waals surface area contributed by atoms with E-state index >= 15 is 0 Å². The number of allylic oxidation sites excluding steroid dienone is 1. The summed E-state index contributed by atoms with van der Waals surface area (Å²) >= 11 is 3.13. The van der Waals surface area contributed by atoms with Crippen molar-refractivity contribution in [1.82, 2.24) is 10.2 Å². The van der Waals surface area contributed by atoms with Gasteiger partial charge in [0.2, 0.25) is 0 Å². The molecule has 134 valence electrons. The van der Waals surface area contributed by atoms with Crippen LogP contribution in [0.5, 0.6) is 0 Å². The van der Waals surface area contributed by atoms with Crippen LogP contribution in [-0.2, 0) is 4.79 Å². The highest BCUT2D eigenvalue weighted by molar-refractivity contribution is 9.09. The van der Waals surface area contributed by atoms with Crippen molar-refractivity contribution in [3.8, 4) is 0 Å². The van der Waals surface area contributed by atoms with E-state index < -0.39 is 0 Å². The molecule has 2 saturated heterocycles. The summed E-state index contributed by atoms with van der Waals surface area (Å²) in [4.78, 5) is 12.7. The lowest BCUT2D eigenvalue weighted by atomic mass is 9.99. The number of halogens is 1. The normalized spacial score (nSPS) is 19.6. The lowest BCUT2D eigenvalue weighted by Crippen LogP contribution is -2.34. The second kappa shape index (κ2) is 16.4. The number of carbonyl (C=O) groups excluding carboxylic acids is 1. The summed E-state index contributed by atoms with van der Waals surface area (Å²) in [6.45, 7) is 12.7. The number of aliphatic hydroxyl groups is 1. The third kappa shape index (κ3) is 12.6. The Kier molecular flexibility index (Phi) is 16.0. The van der Waals surface area contributed by atoms with Gasteiger partial charge >= 0.3 is 0 Å². The van der Waals surface area contributed by atoms with Crippen molar-refractivity contribution in [2.24, 2.45) is 11.8 Å². The Labute approximate surface area is 150 Å². The molecule has 0 saturated carbocycles. The second-order valence-electron chi connectivity index (χ2n) is 5.88. The Balaban J connectivity index is 0.000000354. The van der Waals surface area contributed by atoms with Crippen molar-refractivity contribution < 1.29 is 9.90 Å². The van der Waals surface area contributed by atoms with Gasteiger partial charge in [0.1, 0.15) is 6.29 Å². The third-order valence-corrected chi connectivity index (χ3v) is 4.50. The smallest absolute Gasteiger partial charge is 0.123 e. The monoisotopic (exact) mass is 388 g/mol. The van der Waals surface area contributed by atoms with Crippen molar-refractivity contribution >= 4 is 22.2 Å². The van der Waals surface area contributed by atoms with Crippen molar-refractivity contribution in [1.29, 1.82) is 0 Å². The summed E-state index contributed by atoms with van der Waals surface area (Å²) in [6, 6.07) is 0. The second-order valence-corrected chi connectivity index (χ2v) is 6.53. The molecule has 2 N–H and O–H groups in total. The minimum atomic E-state index is 0.316. The molecule has 23 heavy (non-hydrogen) atoms. The number of likely N-dealkylation sites (tertiary alicyclic amines) is 1. The lowest BCUT2D eigenvalue weighted by Gasteiger charge is -2.28. The molecule has 2 aliphatic rings. The highest BCUT2D eigenvalue weighted by atomic mass is 79.9. The van der Waals surface area contributed by atoms with E-state index in [9.17, 15) is 4.79 Å². The summed E-state index contributed by atoms with van der Waals surface area (Å²) in [5, 5.41) is 12.8. The molecule has 0 radical (unpaired) electrons. The van der Waals surface area contributed by atoms with Gasteiger partial charge in [-0.2, -0.15) is 0 Å². The zero-order valence-electron chi connectivity index (χ0n) is 14.3. The average molecular weight is 389 g/mol. The number of piperidine rings is 2. The van der Waals surface area contributed by atoms with E-state index in [1.165, 1.54) is 0 Å². The van der Waals surface area contributed by atoms with Crippen LogP contribution in [0, 0.1) is 11.8 Å². The van der Waals surface area contributed by atoms with Gasteiger partial charge in [0.25, 0.3) is 0 Å². The maximum atomic E-state index is 10.4. The van der Waals surface area contributed by atoms with Crippen LogP contribution in [0.3, 0.4) is 0 Å². The maximum absolute atomic E-state index is 10.4. The molecule has 5 heteroatoms. The van der Waals surface area contributed by atoms with E-state index in [1.807, 2.05) is 6.08 Å². The Bertz CT molecular complexity index is 299. The molecule has 4 nitrogen and oxygen atoms in total. The first-order chi connectivity index (χ1) is 11.2. The van der Waals surface area contributed by atoms with Gasteiger partial charge in [-0.3, -0.25) is 4.90 Å². The fourth-order valence-corrected chi connectivity index (χ4v) is 2.52. The number of carbonyl (C=O) groups is 1. The summed E-state index contributed by atoms with van der Waals surface area (Å²) < 4.78 is 0. The zero-order chi connectivity index (χ0) is 17.3. The fourth-order valence-electron chi connectivity index (χ4n) is 2.52. The molecular formula is C18H33BrN2O2. The van der Waals surface area contributed by atoms with Crippen LogP contribution in [0.25, 0.3) is 0 Å². The molecule has 2 heterocycles. The number of hydrogen-bond donors (Lipinski definition) is 2. The van der Waals surface area contributed by atoms with Crippen LogP contribution in [0.15, 0.2) is 25.3 Å². The van der Waals surface area contributed by atoms with E-state index in [2.05, 4.69) is 39.3 Å². The molecular weight excluding hydrogens is 356 g/mol. The Morgan fingerprint density at radius 3 is 2.04 bits per heavy atom. The first kappa shape index (κ1) is 22.5. The van der Waals surface area contributed by atoms with E-state index in [0.717, 1.165) is 70.0 Å². The molecule has 0 aromatic carbocycles. The zero-order valence-corrected chi connectivity index (χ0v) is 15.8. The molecule has 2 rings (SSSR count). The highest BCUT2D eigenvalue weighted by Gasteiger charge is 2.16. The van der Waals surface area contributed by atoms with Crippen LogP contribution in [0.2, 0.25) is 0 Å². The fraction of sp³-hybridized carbons (Fsp3) is 0.722. The van der Waals surface area contributed by atoms with Gasteiger partial charge in [-0.25, -0.2) is 0 Å². The summed E-state index contributed by atoms with van der Waals surface area (Å²) in [5.74, 6) is 0.896. The largest absolute Gasteiger partial charge is 0.396 e. The molecule has 0 unspecified atom stereocenters. The van der Waals surface area contributed by atoms with E-state index in [0.29, 0.717) is 18.4 Å². The molecule has 0 aromatic heterocycles. The summed E-state index contributed by atoms with van der Waals surface area (Å²) in [5.41, 5.74) is 0. The van der Waals surface area contributed by atoms with Gasteiger partial charge in [-0.15, -0.1) is 13.2 Å². The van der Waals surface area contributed by atoms with Gasteiger partial charge in [-0.1, -0.05) is 28.1 Å². The maximum Gasteiger partial charge on any atom is 0.123 e. The molecule has 0 bridgehead atoms. The standard InChI is InChI=1S/C9H15NO.C6H13NO.C3H5Br/c1-2-5-10-6-3-9(8-11)4-7-10;8-5-6-1-3-7-4-2-6;1-2-3-4/h2,8-9H,1,3-7H2;6-8H,1-5H2;2H,1,3H2. The Morgan fingerprint density at radius 1 is 1.13 bits per heavy atom. The van der Waals surface area contributed by atoms with Crippen LogP contribution >= 0.6 is 15.9 Å². The minimum Gasteiger partial charge on any atom is -0.396 e. The van der Waals surface area contributed by atoms with Gasteiger partial charge in [-0.05, 0) is 57.8 Å². The van der Waals surface area contributed by atoms with E-state index in [4.69, 9.17) is 5.11 Å². The van der Waals surface area contributed by atoms with Gasteiger partial charge in [0.15, 0.2) is 0 Å². The molecule has 0 amide bonds. The topological polar surface area (TPSA) is 52.6 Å². The van der Waals surface area contributed by atoms with Crippen LogP contribution in [0.1, 0.15) is 25.7 Å². The number of hydrogen-bond acceptors (Lipinski definition) is 4. The minimum absolute atomic E-state index is 0.316. The quantitative estimate of drug-likeness (QED) is 0.431. The predicted molar refractivity (Wildman–Crippen MR) is 102 cm³/mol. The Morgan fingerprint density at radius 2 is 1.70 bits per heavy atom. The summed E-state index contributed by atoms with van der Waals surface area (Å²) in [6.07, 6.45) is 9.15. The third-order valence-electron chi connectivity index (χ3n) is 4.04. The molecule has 2 fully saturated rings. The van der Waals surface area contributed by atoms with Crippen molar-refractivity contribution in [3.63, 3.8) is 0 Å². The lowest BCUT2D eigenvalue weighted by molar-refractivity contribution is -0.112. The first-order valence-corrected chi connectivity index (χ1v) is 9.60. The van der Waals surface area contributed by atoms with Gasteiger partial charge in [0.05, 0.1) is 0 Å². The molecule has 2 aliphatic heterocycles. The van der Waals surface area contributed by atoms with Crippen LogP contribution in [-0.4, -0.2) is 61.0 Å².